The lowest BCUT2D eigenvalue weighted by Gasteiger charge is -2.09. The number of thiazole rings is 1. The molecule has 0 bridgehead atoms. The van der Waals surface area contributed by atoms with Crippen LogP contribution in [0.4, 0.5) is 28.8 Å². The van der Waals surface area contributed by atoms with Gasteiger partial charge in [0.15, 0.2) is 5.13 Å². The molecule has 0 radical (unpaired) electrons. The number of hydrogen-bond acceptors (Lipinski definition) is 3. The number of urea groups is 1. The zero-order valence-corrected chi connectivity index (χ0v) is 14.2. The molecule has 3 rings (SSSR count). The van der Waals surface area contributed by atoms with Crippen molar-refractivity contribution >= 4 is 38.4 Å². The fraction of sp³-hybridized carbons (Fsp3) is 0.176. The fourth-order valence-electron chi connectivity index (χ4n) is 2.46. The Balaban J connectivity index is 1.76. The average Bonchev–Trinajstić information content (AvgIpc) is 2.89. The molecule has 1 heterocycles. The maximum atomic E-state index is 12.7. The number of aromatic nitrogens is 1. The minimum atomic E-state index is -4.46. The van der Waals surface area contributed by atoms with Gasteiger partial charge in [0.2, 0.25) is 0 Å². The number of nitrogens with one attached hydrogen (secondary N) is 2. The second-order valence-electron chi connectivity index (χ2n) is 5.61. The lowest BCUT2D eigenvalue weighted by molar-refractivity contribution is -0.137. The molecule has 0 unspecified atom stereocenters. The molecule has 25 heavy (non-hydrogen) atoms. The molecular formula is C17H14F3N3OS. The van der Waals surface area contributed by atoms with Gasteiger partial charge in [0.25, 0.3) is 0 Å². The lowest BCUT2D eigenvalue weighted by Crippen LogP contribution is -2.19. The van der Waals surface area contributed by atoms with Gasteiger partial charge in [-0.3, -0.25) is 5.32 Å². The van der Waals surface area contributed by atoms with Crippen molar-refractivity contribution in [3.8, 4) is 0 Å². The fourth-order valence-corrected chi connectivity index (χ4v) is 3.37. The van der Waals surface area contributed by atoms with Crippen LogP contribution in [-0.2, 0) is 6.18 Å². The van der Waals surface area contributed by atoms with Crippen molar-refractivity contribution < 1.29 is 18.0 Å². The van der Waals surface area contributed by atoms with Crippen LogP contribution in [0.15, 0.2) is 36.4 Å². The van der Waals surface area contributed by atoms with Gasteiger partial charge < -0.3 is 5.32 Å². The molecule has 2 aromatic carbocycles. The Labute approximate surface area is 145 Å². The van der Waals surface area contributed by atoms with Crippen molar-refractivity contribution in [1.82, 2.24) is 4.98 Å². The van der Waals surface area contributed by atoms with Crippen LogP contribution in [0.5, 0.6) is 0 Å². The Kier molecular flexibility index (Phi) is 4.38. The van der Waals surface area contributed by atoms with Gasteiger partial charge in [-0.25, -0.2) is 9.78 Å². The average molecular weight is 365 g/mol. The van der Waals surface area contributed by atoms with Crippen molar-refractivity contribution in [1.29, 1.82) is 0 Å². The monoisotopic (exact) mass is 365 g/mol. The van der Waals surface area contributed by atoms with E-state index in [0.717, 1.165) is 33.5 Å². The van der Waals surface area contributed by atoms with E-state index in [1.54, 1.807) is 0 Å². The first kappa shape index (κ1) is 17.2. The van der Waals surface area contributed by atoms with Gasteiger partial charge in [0.1, 0.15) is 0 Å². The van der Waals surface area contributed by atoms with Crippen LogP contribution in [0.1, 0.15) is 16.7 Å². The molecule has 0 spiro atoms. The van der Waals surface area contributed by atoms with E-state index in [-0.39, 0.29) is 5.69 Å². The van der Waals surface area contributed by atoms with E-state index in [9.17, 15) is 18.0 Å². The summed E-state index contributed by atoms with van der Waals surface area (Å²) in [7, 11) is 0. The SMILES string of the molecule is Cc1cc(C)c2sc(NC(=O)Nc3cccc(C(F)(F)F)c3)nc2c1. The number of anilines is 2. The summed E-state index contributed by atoms with van der Waals surface area (Å²) in [6.45, 7) is 3.92. The highest BCUT2D eigenvalue weighted by atomic mass is 32.1. The van der Waals surface area contributed by atoms with Gasteiger partial charge in [-0.15, -0.1) is 0 Å². The van der Waals surface area contributed by atoms with Crippen LogP contribution in [0.25, 0.3) is 10.2 Å². The Morgan fingerprint density at radius 3 is 2.60 bits per heavy atom. The van der Waals surface area contributed by atoms with Crippen molar-refractivity contribution in [2.45, 2.75) is 20.0 Å². The molecule has 0 saturated carbocycles. The topological polar surface area (TPSA) is 54.0 Å². The summed E-state index contributed by atoms with van der Waals surface area (Å²) in [5.41, 5.74) is 2.13. The van der Waals surface area contributed by atoms with Crippen molar-refractivity contribution in [3.05, 3.63) is 53.1 Å². The highest BCUT2D eigenvalue weighted by molar-refractivity contribution is 7.22. The predicted octanol–water partition coefficient (Wildman–Crippen LogP) is 5.58. The number of halogens is 3. The molecule has 3 aromatic rings. The van der Waals surface area contributed by atoms with E-state index in [1.807, 2.05) is 26.0 Å². The van der Waals surface area contributed by atoms with Gasteiger partial charge in [-0.1, -0.05) is 23.5 Å². The number of carbonyl (C=O) groups is 1. The molecular weight excluding hydrogens is 351 g/mol. The van der Waals surface area contributed by atoms with Crippen LogP contribution >= 0.6 is 11.3 Å². The number of alkyl halides is 3. The van der Waals surface area contributed by atoms with Crippen LogP contribution in [0.3, 0.4) is 0 Å². The van der Waals surface area contributed by atoms with Crippen molar-refractivity contribution in [3.63, 3.8) is 0 Å². The number of benzene rings is 2. The van der Waals surface area contributed by atoms with Crippen LogP contribution in [-0.4, -0.2) is 11.0 Å². The molecule has 0 aliphatic rings. The van der Waals surface area contributed by atoms with Gasteiger partial charge in [0.05, 0.1) is 15.8 Å². The molecule has 1 aromatic heterocycles. The molecule has 2 amide bonds. The molecule has 0 saturated heterocycles. The highest BCUT2D eigenvalue weighted by Crippen LogP contribution is 2.31. The zero-order chi connectivity index (χ0) is 18.2. The van der Waals surface area contributed by atoms with E-state index in [1.165, 1.54) is 23.5 Å². The van der Waals surface area contributed by atoms with E-state index in [0.29, 0.717) is 5.13 Å². The number of hydrogen-bond donors (Lipinski definition) is 2. The molecule has 0 aliphatic carbocycles. The summed E-state index contributed by atoms with van der Waals surface area (Å²) in [6, 6.07) is 7.74. The third-order valence-corrected chi connectivity index (χ3v) is 4.61. The second-order valence-corrected chi connectivity index (χ2v) is 6.61. The Bertz CT molecular complexity index is 950. The maximum Gasteiger partial charge on any atom is 0.416 e. The third kappa shape index (κ3) is 3.90. The summed E-state index contributed by atoms with van der Waals surface area (Å²) < 4.78 is 39.1. The van der Waals surface area contributed by atoms with Crippen LogP contribution in [0.2, 0.25) is 0 Å². The lowest BCUT2D eigenvalue weighted by atomic mass is 10.1. The largest absolute Gasteiger partial charge is 0.416 e. The second kappa shape index (κ2) is 6.36. The number of amides is 2. The van der Waals surface area contributed by atoms with Crippen molar-refractivity contribution in [2.75, 3.05) is 10.6 Å². The summed E-state index contributed by atoms with van der Waals surface area (Å²) in [5.74, 6) is 0. The quantitative estimate of drug-likeness (QED) is 0.623. The first-order valence-corrected chi connectivity index (χ1v) is 8.17. The molecule has 0 fully saturated rings. The van der Waals surface area contributed by atoms with E-state index in [4.69, 9.17) is 0 Å². The standard InChI is InChI=1S/C17H14F3N3OS/c1-9-6-10(2)14-13(7-9)22-16(25-14)23-15(24)21-12-5-3-4-11(8-12)17(18,19)20/h3-8H,1-2H3,(H2,21,22,23,24). The van der Waals surface area contributed by atoms with E-state index < -0.39 is 17.8 Å². The number of rotatable bonds is 2. The number of nitrogens with zero attached hydrogens (tertiary/aromatic N) is 1. The summed E-state index contributed by atoms with van der Waals surface area (Å²) in [5, 5.41) is 5.33. The summed E-state index contributed by atoms with van der Waals surface area (Å²) >= 11 is 1.32. The normalized spacial score (nSPS) is 11.6. The minimum Gasteiger partial charge on any atom is -0.308 e. The van der Waals surface area contributed by atoms with Crippen molar-refractivity contribution in [2.24, 2.45) is 0 Å². The molecule has 130 valence electrons. The third-order valence-electron chi connectivity index (χ3n) is 3.49. The van der Waals surface area contributed by atoms with Gasteiger partial charge in [0, 0.05) is 5.69 Å². The maximum absolute atomic E-state index is 12.7. The number of fused-ring (bicyclic) bond motifs is 1. The van der Waals surface area contributed by atoms with Gasteiger partial charge in [-0.05, 0) is 49.2 Å². The molecule has 0 atom stereocenters. The van der Waals surface area contributed by atoms with E-state index in [2.05, 4.69) is 15.6 Å². The number of aryl methyl sites for hydroxylation is 2. The summed E-state index contributed by atoms with van der Waals surface area (Å²) in [4.78, 5) is 16.4. The van der Waals surface area contributed by atoms with Gasteiger partial charge >= 0.3 is 12.2 Å². The smallest absolute Gasteiger partial charge is 0.308 e. The summed E-state index contributed by atoms with van der Waals surface area (Å²) in [6.07, 6.45) is -4.46. The molecule has 8 heteroatoms. The zero-order valence-electron chi connectivity index (χ0n) is 13.4. The highest BCUT2D eigenvalue weighted by Gasteiger charge is 2.30. The number of carbonyl (C=O) groups excluding carboxylic acids is 1. The molecule has 4 nitrogen and oxygen atoms in total. The van der Waals surface area contributed by atoms with Gasteiger partial charge in [-0.2, -0.15) is 13.2 Å². The molecule has 0 aliphatic heterocycles. The molecule has 2 N–H and O–H groups in total. The Morgan fingerprint density at radius 1 is 1.12 bits per heavy atom. The van der Waals surface area contributed by atoms with E-state index >= 15 is 0 Å². The minimum absolute atomic E-state index is 0.0560. The Morgan fingerprint density at radius 2 is 1.88 bits per heavy atom. The Hall–Kier alpha value is -2.61. The first-order chi connectivity index (χ1) is 11.7. The van der Waals surface area contributed by atoms with Crippen LogP contribution < -0.4 is 10.6 Å². The first-order valence-electron chi connectivity index (χ1n) is 7.35. The predicted molar refractivity (Wildman–Crippen MR) is 93.2 cm³/mol. The van der Waals surface area contributed by atoms with Crippen LogP contribution in [0, 0.1) is 13.8 Å².